The van der Waals surface area contributed by atoms with Crippen molar-refractivity contribution in [1.29, 1.82) is 0 Å². The Hall–Kier alpha value is -1.47. The highest BCUT2D eigenvalue weighted by Gasteiger charge is 2.11. The van der Waals surface area contributed by atoms with Crippen LogP contribution in [0.15, 0.2) is 29.6 Å². The summed E-state index contributed by atoms with van der Waals surface area (Å²) in [6.45, 7) is 5.05. The molecule has 0 saturated heterocycles. The molecule has 23 heavy (non-hydrogen) atoms. The number of hydrogen-bond donors (Lipinski definition) is 2. The number of carbonyl (C=O) groups excluding carboxylic acids is 1. The lowest BCUT2D eigenvalue weighted by Gasteiger charge is -2.09. The van der Waals surface area contributed by atoms with E-state index in [1.165, 1.54) is 11.3 Å². The number of nitrogens with zero attached hydrogens (tertiary/aromatic N) is 1. The summed E-state index contributed by atoms with van der Waals surface area (Å²) in [6.07, 6.45) is 0.870. The van der Waals surface area contributed by atoms with E-state index in [0.29, 0.717) is 25.3 Å². The number of ether oxygens (including phenoxy) is 1. The van der Waals surface area contributed by atoms with Crippen molar-refractivity contribution in [2.45, 2.75) is 33.0 Å². The Morgan fingerprint density at radius 2 is 2.22 bits per heavy atom. The zero-order chi connectivity index (χ0) is 15.9. The van der Waals surface area contributed by atoms with Crippen LogP contribution in [0.5, 0.6) is 0 Å². The first-order valence-corrected chi connectivity index (χ1v) is 8.13. The first-order chi connectivity index (χ1) is 10.6. The molecule has 2 rings (SSSR count). The molecular formula is C16H22ClN3O2S. The summed E-state index contributed by atoms with van der Waals surface area (Å²) in [7, 11) is 0. The van der Waals surface area contributed by atoms with E-state index in [-0.39, 0.29) is 24.4 Å². The zero-order valence-corrected chi connectivity index (χ0v) is 14.9. The van der Waals surface area contributed by atoms with Crippen molar-refractivity contribution in [2.75, 3.05) is 11.9 Å². The molecule has 0 aliphatic carbocycles. The number of aromatic nitrogens is 1. The third-order valence-corrected chi connectivity index (χ3v) is 3.82. The Labute approximate surface area is 146 Å². The molecule has 0 aliphatic heterocycles. The molecule has 2 aromatic rings. The molecule has 0 fully saturated rings. The molecule has 0 atom stereocenters. The van der Waals surface area contributed by atoms with Gasteiger partial charge in [-0.3, -0.25) is 4.79 Å². The van der Waals surface area contributed by atoms with Gasteiger partial charge in [0, 0.05) is 17.5 Å². The van der Waals surface area contributed by atoms with Crippen LogP contribution >= 0.6 is 23.7 Å². The topological polar surface area (TPSA) is 77.2 Å². The predicted octanol–water partition coefficient (Wildman–Crippen LogP) is 3.24. The lowest BCUT2D eigenvalue weighted by Crippen LogP contribution is -2.13. The van der Waals surface area contributed by atoms with E-state index in [0.717, 1.165) is 16.3 Å². The predicted molar refractivity (Wildman–Crippen MR) is 96.4 cm³/mol. The molecule has 7 heteroatoms. The lowest BCUT2D eigenvalue weighted by atomic mass is 10.2. The first-order valence-electron chi connectivity index (χ1n) is 7.25. The van der Waals surface area contributed by atoms with Crippen LogP contribution in [0.4, 0.5) is 5.69 Å². The van der Waals surface area contributed by atoms with Gasteiger partial charge in [0.1, 0.15) is 5.69 Å². The number of carbonyl (C=O) groups is 1. The summed E-state index contributed by atoms with van der Waals surface area (Å²) in [5, 5.41) is 5.50. The van der Waals surface area contributed by atoms with Gasteiger partial charge in [0.15, 0.2) is 0 Å². The minimum atomic E-state index is -0.207. The molecule has 5 nitrogen and oxygen atoms in total. The highest BCUT2D eigenvalue weighted by atomic mass is 35.5. The normalized spacial score (nSPS) is 10.4. The maximum absolute atomic E-state index is 12.2. The van der Waals surface area contributed by atoms with Crippen molar-refractivity contribution in [2.24, 2.45) is 5.73 Å². The van der Waals surface area contributed by atoms with Crippen molar-refractivity contribution >= 4 is 35.3 Å². The second-order valence-electron chi connectivity index (χ2n) is 5.18. The van der Waals surface area contributed by atoms with Crippen LogP contribution in [0.3, 0.4) is 0 Å². The van der Waals surface area contributed by atoms with Gasteiger partial charge in [-0.25, -0.2) is 4.98 Å². The van der Waals surface area contributed by atoms with Gasteiger partial charge in [-0.05, 0) is 38.1 Å². The summed E-state index contributed by atoms with van der Waals surface area (Å²) >= 11 is 1.46. The third kappa shape index (κ3) is 6.27. The van der Waals surface area contributed by atoms with Crippen LogP contribution in [0, 0.1) is 0 Å². The fourth-order valence-corrected chi connectivity index (χ4v) is 2.64. The fourth-order valence-electron chi connectivity index (χ4n) is 1.85. The summed E-state index contributed by atoms with van der Waals surface area (Å²) in [5.74, 6) is -0.207. The fraction of sp³-hybridized carbons (Fsp3) is 0.375. The molecule has 0 aliphatic rings. The van der Waals surface area contributed by atoms with Gasteiger partial charge >= 0.3 is 0 Å². The van der Waals surface area contributed by atoms with E-state index < -0.39 is 0 Å². The van der Waals surface area contributed by atoms with Crippen LogP contribution < -0.4 is 11.1 Å². The number of thiazole rings is 1. The first kappa shape index (κ1) is 19.6. The minimum Gasteiger partial charge on any atom is -0.374 e. The van der Waals surface area contributed by atoms with Gasteiger partial charge in [0.25, 0.3) is 5.91 Å². The molecule has 0 bridgehead atoms. The molecule has 1 aromatic heterocycles. The highest BCUT2D eigenvalue weighted by Crippen LogP contribution is 2.15. The monoisotopic (exact) mass is 355 g/mol. The number of halogens is 1. The molecule has 126 valence electrons. The molecule has 1 amide bonds. The van der Waals surface area contributed by atoms with E-state index in [4.69, 9.17) is 10.5 Å². The molecular weight excluding hydrogens is 334 g/mol. The summed E-state index contributed by atoms with van der Waals surface area (Å²) in [5.41, 5.74) is 7.68. The van der Waals surface area contributed by atoms with Crippen molar-refractivity contribution < 1.29 is 9.53 Å². The van der Waals surface area contributed by atoms with E-state index >= 15 is 0 Å². The van der Waals surface area contributed by atoms with Gasteiger partial charge in [0.2, 0.25) is 0 Å². The van der Waals surface area contributed by atoms with Gasteiger partial charge in [-0.2, -0.15) is 0 Å². The van der Waals surface area contributed by atoms with Crippen molar-refractivity contribution in [1.82, 2.24) is 4.98 Å². The molecule has 1 heterocycles. The molecule has 1 aromatic carbocycles. The third-order valence-electron chi connectivity index (χ3n) is 2.91. The maximum atomic E-state index is 12.2. The second kappa shape index (κ2) is 9.62. The Kier molecular flexibility index (Phi) is 8.19. The number of anilines is 1. The Morgan fingerprint density at radius 3 is 2.91 bits per heavy atom. The Balaban J connectivity index is 0.00000264. The number of amides is 1. The summed E-state index contributed by atoms with van der Waals surface area (Å²) in [6, 6.07) is 7.63. The molecule has 0 saturated carbocycles. The average molecular weight is 356 g/mol. The molecule has 0 radical (unpaired) electrons. The highest BCUT2D eigenvalue weighted by molar-refractivity contribution is 7.09. The number of nitrogens with two attached hydrogens (primary N) is 1. The van der Waals surface area contributed by atoms with Crippen LogP contribution in [-0.2, 0) is 17.8 Å². The Bertz CT molecular complexity index is 631. The number of benzene rings is 1. The van der Waals surface area contributed by atoms with Crippen LogP contribution in [0.25, 0.3) is 0 Å². The molecule has 0 unspecified atom stereocenters. The Morgan fingerprint density at radius 1 is 1.43 bits per heavy atom. The SMILES string of the molecule is CC(C)OCc1cccc(NC(=O)c2csc(CCN)n2)c1.Cl. The second-order valence-corrected chi connectivity index (χ2v) is 6.12. The summed E-state index contributed by atoms with van der Waals surface area (Å²) < 4.78 is 5.57. The molecule has 0 spiro atoms. The van der Waals surface area contributed by atoms with Crippen LogP contribution in [-0.4, -0.2) is 23.5 Å². The van der Waals surface area contributed by atoms with Crippen molar-refractivity contribution in [3.05, 3.63) is 45.9 Å². The maximum Gasteiger partial charge on any atom is 0.275 e. The van der Waals surface area contributed by atoms with Crippen LogP contribution in [0.2, 0.25) is 0 Å². The smallest absolute Gasteiger partial charge is 0.275 e. The van der Waals surface area contributed by atoms with Gasteiger partial charge < -0.3 is 15.8 Å². The molecule has 3 N–H and O–H groups in total. The van der Waals surface area contributed by atoms with E-state index in [2.05, 4.69) is 10.3 Å². The lowest BCUT2D eigenvalue weighted by molar-refractivity contribution is 0.0657. The van der Waals surface area contributed by atoms with E-state index in [1.807, 2.05) is 38.1 Å². The van der Waals surface area contributed by atoms with E-state index in [1.54, 1.807) is 5.38 Å². The number of hydrogen-bond acceptors (Lipinski definition) is 5. The van der Waals surface area contributed by atoms with Crippen molar-refractivity contribution in [3.63, 3.8) is 0 Å². The van der Waals surface area contributed by atoms with Gasteiger partial charge in [-0.15, -0.1) is 23.7 Å². The van der Waals surface area contributed by atoms with E-state index in [9.17, 15) is 4.79 Å². The van der Waals surface area contributed by atoms with Gasteiger partial charge in [0.05, 0.1) is 17.7 Å². The number of nitrogens with one attached hydrogen (secondary N) is 1. The van der Waals surface area contributed by atoms with Crippen molar-refractivity contribution in [3.8, 4) is 0 Å². The van der Waals surface area contributed by atoms with Gasteiger partial charge in [-0.1, -0.05) is 12.1 Å². The minimum absolute atomic E-state index is 0. The number of rotatable bonds is 7. The van der Waals surface area contributed by atoms with Crippen LogP contribution in [0.1, 0.15) is 34.9 Å². The zero-order valence-electron chi connectivity index (χ0n) is 13.2. The summed E-state index contributed by atoms with van der Waals surface area (Å²) in [4.78, 5) is 16.5. The average Bonchev–Trinajstić information content (AvgIpc) is 2.95. The quantitative estimate of drug-likeness (QED) is 0.799. The standard InChI is InChI=1S/C16H21N3O2S.ClH/c1-11(2)21-9-12-4-3-5-13(8-12)18-16(20)14-10-22-15(19-14)6-7-17;/h3-5,8,10-11H,6-7,9,17H2,1-2H3,(H,18,20);1H. The largest absolute Gasteiger partial charge is 0.374 e.